The lowest BCUT2D eigenvalue weighted by molar-refractivity contribution is -0.137. The van der Waals surface area contributed by atoms with Crippen molar-refractivity contribution < 1.29 is 22.8 Å². The van der Waals surface area contributed by atoms with Crippen molar-refractivity contribution in [1.29, 1.82) is 0 Å². The van der Waals surface area contributed by atoms with Crippen LogP contribution in [0.4, 0.5) is 18.9 Å². The Kier molecular flexibility index (Phi) is 5.54. The van der Waals surface area contributed by atoms with Crippen LogP contribution in [0.25, 0.3) is 0 Å². The molecule has 2 aromatic carbocycles. The first kappa shape index (κ1) is 20.4. The van der Waals surface area contributed by atoms with E-state index < -0.39 is 11.7 Å². The Morgan fingerprint density at radius 1 is 0.900 bits per heavy atom. The van der Waals surface area contributed by atoms with Crippen LogP contribution in [0.1, 0.15) is 40.7 Å². The standard InChI is InChI=1S/C23H23F3N2O2/c24-23(25,26)19-9-7-17(8-10-19)21(29)27-14-11-18(12-15-27)22(30)28-13-3-5-16-4-1-2-6-20(16)28/h1-2,4,6-10,18H,3,5,11-15H2. The van der Waals surface area contributed by atoms with Crippen molar-refractivity contribution in [2.24, 2.45) is 5.92 Å². The molecule has 0 aliphatic carbocycles. The highest BCUT2D eigenvalue weighted by Crippen LogP contribution is 2.31. The van der Waals surface area contributed by atoms with E-state index in [1.54, 1.807) is 4.90 Å². The molecule has 7 heteroatoms. The van der Waals surface area contributed by atoms with Crippen molar-refractivity contribution in [3.05, 3.63) is 65.2 Å². The van der Waals surface area contributed by atoms with E-state index >= 15 is 0 Å². The second kappa shape index (κ2) is 8.13. The van der Waals surface area contributed by atoms with E-state index in [-0.39, 0.29) is 23.3 Å². The number of amides is 2. The Morgan fingerprint density at radius 2 is 1.57 bits per heavy atom. The zero-order valence-corrected chi connectivity index (χ0v) is 16.5. The van der Waals surface area contributed by atoms with E-state index in [2.05, 4.69) is 6.07 Å². The molecule has 1 fully saturated rings. The van der Waals surface area contributed by atoms with Crippen molar-refractivity contribution >= 4 is 17.5 Å². The Morgan fingerprint density at radius 3 is 2.23 bits per heavy atom. The lowest BCUT2D eigenvalue weighted by Crippen LogP contribution is -2.45. The summed E-state index contributed by atoms with van der Waals surface area (Å²) in [5.74, 6) is -0.338. The summed E-state index contributed by atoms with van der Waals surface area (Å²) in [4.78, 5) is 29.3. The molecule has 0 bridgehead atoms. The average molecular weight is 416 g/mol. The number of anilines is 1. The molecular weight excluding hydrogens is 393 g/mol. The van der Waals surface area contributed by atoms with E-state index in [1.165, 1.54) is 17.7 Å². The molecule has 0 saturated carbocycles. The first-order valence-corrected chi connectivity index (χ1v) is 10.2. The number of nitrogens with zero attached hydrogens (tertiary/aromatic N) is 2. The van der Waals surface area contributed by atoms with E-state index in [0.717, 1.165) is 30.7 Å². The summed E-state index contributed by atoms with van der Waals surface area (Å²) in [7, 11) is 0. The number of aryl methyl sites for hydroxylation is 1. The summed E-state index contributed by atoms with van der Waals surface area (Å²) >= 11 is 0. The molecule has 0 aromatic heterocycles. The Hall–Kier alpha value is -2.83. The van der Waals surface area contributed by atoms with Crippen LogP contribution in [0.15, 0.2) is 48.5 Å². The van der Waals surface area contributed by atoms with Gasteiger partial charge in [-0.3, -0.25) is 9.59 Å². The van der Waals surface area contributed by atoms with Crippen molar-refractivity contribution in [1.82, 2.24) is 4.90 Å². The number of rotatable bonds is 2. The van der Waals surface area contributed by atoms with Crippen LogP contribution in [-0.4, -0.2) is 36.3 Å². The first-order chi connectivity index (χ1) is 14.3. The zero-order valence-electron chi connectivity index (χ0n) is 16.5. The molecule has 0 unspecified atom stereocenters. The molecule has 4 rings (SSSR count). The van der Waals surface area contributed by atoms with Crippen LogP contribution in [0.5, 0.6) is 0 Å². The number of carbonyl (C=O) groups excluding carboxylic acids is 2. The monoisotopic (exact) mass is 416 g/mol. The second-order valence-corrected chi connectivity index (χ2v) is 7.86. The second-order valence-electron chi connectivity index (χ2n) is 7.86. The van der Waals surface area contributed by atoms with Crippen molar-refractivity contribution in [2.75, 3.05) is 24.5 Å². The molecule has 2 aromatic rings. The largest absolute Gasteiger partial charge is 0.416 e. The summed E-state index contributed by atoms with van der Waals surface area (Å²) in [5.41, 5.74) is 1.63. The van der Waals surface area contributed by atoms with Crippen molar-refractivity contribution in [2.45, 2.75) is 31.9 Å². The zero-order chi connectivity index (χ0) is 21.3. The van der Waals surface area contributed by atoms with Gasteiger partial charge in [0.1, 0.15) is 0 Å². The van der Waals surface area contributed by atoms with Crippen molar-refractivity contribution in [3.8, 4) is 0 Å². The number of likely N-dealkylation sites (tertiary alicyclic amines) is 1. The maximum atomic E-state index is 13.1. The number of benzene rings is 2. The van der Waals surface area contributed by atoms with Gasteiger partial charge in [0.05, 0.1) is 5.56 Å². The van der Waals surface area contributed by atoms with Crippen LogP contribution in [0.2, 0.25) is 0 Å². The van der Waals surface area contributed by atoms with Gasteiger partial charge in [0.2, 0.25) is 5.91 Å². The third-order valence-corrected chi connectivity index (χ3v) is 5.97. The molecule has 30 heavy (non-hydrogen) atoms. The molecule has 0 atom stereocenters. The minimum absolute atomic E-state index is 0.101. The third kappa shape index (κ3) is 4.06. The van der Waals surface area contributed by atoms with Gasteiger partial charge in [-0.2, -0.15) is 13.2 Å². The normalized spacial score (nSPS) is 17.6. The molecule has 2 aliphatic heterocycles. The number of carbonyl (C=O) groups is 2. The average Bonchev–Trinajstić information content (AvgIpc) is 2.77. The summed E-state index contributed by atoms with van der Waals surface area (Å²) in [6.07, 6.45) is -1.39. The number of piperidine rings is 1. The van der Waals surface area contributed by atoms with E-state index in [1.807, 2.05) is 23.1 Å². The Balaban J connectivity index is 1.38. The van der Waals surface area contributed by atoms with Gasteiger partial charge in [0.25, 0.3) is 5.91 Å². The molecule has 0 radical (unpaired) electrons. The van der Waals surface area contributed by atoms with Gasteiger partial charge >= 0.3 is 6.18 Å². The Labute approximate surface area is 173 Å². The van der Waals surface area contributed by atoms with Crippen LogP contribution >= 0.6 is 0 Å². The number of alkyl halides is 3. The third-order valence-electron chi connectivity index (χ3n) is 5.97. The van der Waals surface area contributed by atoms with Gasteiger partial charge in [0.15, 0.2) is 0 Å². The topological polar surface area (TPSA) is 40.6 Å². The fourth-order valence-electron chi connectivity index (χ4n) is 4.30. The molecule has 4 nitrogen and oxygen atoms in total. The first-order valence-electron chi connectivity index (χ1n) is 10.2. The molecule has 2 heterocycles. The van der Waals surface area contributed by atoms with Gasteiger partial charge in [-0.05, 0) is 61.6 Å². The maximum absolute atomic E-state index is 13.1. The number of fused-ring (bicyclic) bond motifs is 1. The van der Waals surface area contributed by atoms with Crippen LogP contribution < -0.4 is 4.90 Å². The quantitative estimate of drug-likeness (QED) is 0.721. The molecule has 2 amide bonds. The van der Waals surface area contributed by atoms with Crippen LogP contribution in [-0.2, 0) is 17.4 Å². The van der Waals surface area contributed by atoms with Gasteiger partial charge in [-0.15, -0.1) is 0 Å². The highest BCUT2D eigenvalue weighted by molar-refractivity contribution is 5.97. The minimum atomic E-state index is -4.42. The number of hydrogen-bond acceptors (Lipinski definition) is 2. The van der Waals surface area contributed by atoms with Crippen LogP contribution in [0, 0.1) is 5.92 Å². The Bertz CT molecular complexity index is 932. The van der Waals surface area contributed by atoms with Gasteiger partial charge in [0, 0.05) is 36.8 Å². The lowest BCUT2D eigenvalue weighted by Gasteiger charge is -2.36. The lowest BCUT2D eigenvalue weighted by atomic mass is 9.92. The number of hydrogen-bond donors (Lipinski definition) is 0. The minimum Gasteiger partial charge on any atom is -0.339 e. The van der Waals surface area contributed by atoms with Gasteiger partial charge < -0.3 is 9.80 Å². The predicted molar refractivity (Wildman–Crippen MR) is 107 cm³/mol. The molecule has 1 saturated heterocycles. The van der Waals surface area contributed by atoms with Gasteiger partial charge in [-0.1, -0.05) is 18.2 Å². The van der Waals surface area contributed by atoms with Gasteiger partial charge in [-0.25, -0.2) is 0 Å². The molecule has 158 valence electrons. The molecule has 0 spiro atoms. The molecule has 2 aliphatic rings. The highest BCUT2D eigenvalue weighted by atomic mass is 19.4. The summed E-state index contributed by atoms with van der Waals surface area (Å²) in [6, 6.07) is 12.2. The van der Waals surface area contributed by atoms with E-state index in [9.17, 15) is 22.8 Å². The fourth-order valence-corrected chi connectivity index (χ4v) is 4.30. The summed E-state index contributed by atoms with van der Waals surface area (Å²) in [6.45, 7) is 1.55. The summed E-state index contributed by atoms with van der Waals surface area (Å²) in [5, 5.41) is 0. The van der Waals surface area contributed by atoms with E-state index in [4.69, 9.17) is 0 Å². The fraction of sp³-hybridized carbons (Fsp3) is 0.391. The number of halogens is 3. The van der Waals surface area contributed by atoms with E-state index in [0.29, 0.717) is 32.5 Å². The highest BCUT2D eigenvalue weighted by Gasteiger charge is 2.33. The molecular formula is C23H23F3N2O2. The summed E-state index contributed by atoms with van der Waals surface area (Å²) < 4.78 is 38.1. The molecule has 0 N–H and O–H groups in total. The maximum Gasteiger partial charge on any atom is 0.416 e. The smallest absolute Gasteiger partial charge is 0.339 e. The van der Waals surface area contributed by atoms with Crippen molar-refractivity contribution in [3.63, 3.8) is 0 Å². The number of para-hydroxylation sites is 1. The SMILES string of the molecule is O=C(c1ccc(C(F)(F)F)cc1)N1CCC(C(=O)N2CCCc3ccccc32)CC1. The van der Waals surface area contributed by atoms with Crippen LogP contribution in [0.3, 0.4) is 0 Å². The predicted octanol–water partition coefficient (Wildman–Crippen LogP) is 4.54.